The van der Waals surface area contributed by atoms with Crippen LogP contribution in [-0.4, -0.2) is 98.6 Å². The van der Waals surface area contributed by atoms with Gasteiger partial charge in [-0.1, -0.05) is 6.92 Å². The number of nitrogens with one attached hydrogen (secondary N) is 2. The van der Waals surface area contributed by atoms with Crippen LogP contribution in [0.15, 0.2) is 4.99 Å². The van der Waals surface area contributed by atoms with Crippen LogP contribution in [0.1, 0.15) is 33.6 Å². The first-order valence-corrected chi connectivity index (χ1v) is 10.3. The van der Waals surface area contributed by atoms with Gasteiger partial charge in [-0.2, -0.15) is 0 Å². The number of guanidine groups is 1. The van der Waals surface area contributed by atoms with Crippen molar-refractivity contribution in [2.75, 3.05) is 72.1 Å². The normalized spacial score (nSPS) is 22.7. The molecule has 2 unspecified atom stereocenters. The molecule has 0 aliphatic carbocycles. The molecule has 0 amide bonds. The monoisotopic (exact) mass is 497 g/mol. The highest BCUT2D eigenvalue weighted by Gasteiger charge is 2.25. The van der Waals surface area contributed by atoms with Crippen LogP contribution in [0.3, 0.4) is 0 Å². The fourth-order valence-electron chi connectivity index (χ4n) is 3.62. The van der Waals surface area contributed by atoms with Crippen molar-refractivity contribution in [2.24, 2.45) is 10.9 Å². The third-order valence-electron chi connectivity index (χ3n) is 4.98. The number of likely N-dealkylation sites (tertiary alicyclic amines) is 1. The van der Waals surface area contributed by atoms with E-state index in [1.165, 1.54) is 25.9 Å². The molecule has 2 aliphatic rings. The van der Waals surface area contributed by atoms with E-state index < -0.39 is 5.60 Å². The summed E-state index contributed by atoms with van der Waals surface area (Å²) in [5, 5.41) is 17.4. The molecule has 0 saturated carbocycles. The van der Waals surface area contributed by atoms with Gasteiger partial charge in [-0.05, 0) is 45.7 Å². The summed E-state index contributed by atoms with van der Waals surface area (Å²) in [7, 11) is 0. The number of morpholine rings is 1. The average molecular weight is 497 g/mol. The van der Waals surface area contributed by atoms with E-state index in [0.717, 1.165) is 51.9 Å². The first-order valence-electron chi connectivity index (χ1n) is 10.3. The van der Waals surface area contributed by atoms with Crippen molar-refractivity contribution in [3.8, 4) is 0 Å². The van der Waals surface area contributed by atoms with E-state index in [2.05, 4.69) is 39.3 Å². The molecule has 8 heteroatoms. The maximum atomic E-state index is 10.7. The Kier molecular flexibility index (Phi) is 12.1. The summed E-state index contributed by atoms with van der Waals surface area (Å²) in [6, 6.07) is 0. The third kappa shape index (κ3) is 10.3. The number of β-amino-alcohol motifs (C(OH)–C–C–N with tert-alkyl or cyclic N) is 1. The molecule has 0 aromatic heterocycles. The van der Waals surface area contributed by atoms with E-state index in [4.69, 9.17) is 4.74 Å². The number of ether oxygens (including phenoxy) is 1. The molecule has 27 heavy (non-hydrogen) atoms. The number of rotatable bonds is 9. The fourth-order valence-corrected chi connectivity index (χ4v) is 3.62. The Hall–Kier alpha value is -0.160. The van der Waals surface area contributed by atoms with Gasteiger partial charge in [-0.15, -0.1) is 24.0 Å². The molecule has 2 rings (SSSR count). The predicted octanol–water partition coefficient (Wildman–Crippen LogP) is 0.975. The second-order valence-electron chi connectivity index (χ2n) is 8.07. The van der Waals surface area contributed by atoms with Gasteiger partial charge in [0, 0.05) is 39.3 Å². The zero-order valence-corrected chi connectivity index (χ0v) is 19.7. The molecule has 2 atom stereocenters. The molecular formula is C19H40IN5O2. The summed E-state index contributed by atoms with van der Waals surface area (Å²) in [6.45, 7) is 15.8. The second-order valence-corrected chi connectivity index (χ2v) is 8.07. The first-order chi connectivity index (χ1) is 12.5. The van der Waals surface area contributed by atoms with Gasteiger partial charge in [0.25, 0.3) is 0 Å². The minimum Gasteiger partial charge on any atom is -0.387 e. The van der Waals surface area contributed by atoms with Crippen molar-refractivity contribution in [1.29, 1.82) is 0 Å². The number of aliphatic hydroxyl groups is 1. The molecule has 2 fully saturated rings. The van der Waals surface area contributed by atoms with Crippen molar-refractivity contribution in [2.45, 2.75) is 39.2 Å². The molecule has 0 bridgehead atoms. The van der Waals surface area contributed by atoms with Crippen molar-refractivity contribution in [3.05, 3.63) is 0 Å². The Bertz CT molecular complexity index is 424. The van der Waals surface area contributed by atoms with Gasteiger partial charge in [-0.3, -0.25) is 9.89 Å². The van der Waals surface area contributed by atoms with E-state index in [1.807, 2.05) is 6.92 Å². The minimum atomic E-state index is -0.832. The van der Waals surface area contributed by atoms with Crippen molar-refractivity contribution in [1.82, 2.24) is 20.4 Å². The lowest BCUT2D eigenvalue weighted by atomic mass is 10.1. The first kappa shape index (κ1) is 24.9. The van der Waals surface area contributed by atoms with E-state index >= 15 is 0 Å². The quantitative estimate of drug-likeness (QED) is 0.251. The molecule has 0 aromatic carbocycles. The van der Waals surface area contributed by atoms with Crippen LogP contribution >= 0.6 is 24.0 Å². The van der Waals surface area contributed by atoms with Crippen molar-refractivity contribution < 1.29 is 9.84 Å². The number of hydrogen-bond acceptors (Lipinski definition) is 5. The van der Waals surface area contributed by atoms with Gasteiger partial charge in [0.1, 0.15) is 0 Å². The molecule has 3 N–H and O–H groups in total. The highest BCUT2D eigenvalue weighted by molar-refractivity contribution is 14.0. The highest BCUT2D eigenvalue weighted by atomic mass is 127. The van der Waals surface area contributed by atoms with Crippen LogP contribution in [-0.2, 0) is 4.74 Å². The molecule has 2 heterocycles. The number of aliphatic imine (C=N–C) groups is 1. The Balaban J connectivity index is 0.00000364. The Morgan fingerprint density at radius 3 is 2.44 bits per heavy atom. The summed E-state index contributed by atoms with van der Waals surface area (Å²) < 4.78 is 5.37. The van der Waals surface area contributed by atoms with Crippen LogP contribution < -0.4 is 10.6 Å². The smallest absolute Gasteiger partial charge is 0.191 e. The molecule has 160 valence electrons. The van der Waals surface area contributed by atoms with E-state index in [0.29, 0.717) is 19.0 Å². The van der Waals surface area contributed by atoms with Gasteiger partial charge >= 0.3 is 0 Å². The lowest BCUT2D eigenvalue weighted by Gasteiger charge is -2.33. The van der Waals surface area contributed by atoms with Crippen molar-refractivity contribution in [3.63, 3.8) is 0 Å². The Labute approximate surface area is 182 Å². The third-order valence-corrected chi connectivity index (χ3v) is 4.98. The van der Waals surface area contributed by atoms with Crippen LogP contribution in [0, 0.1) is 5.92 Å². The highest BCUT2D eigenvalue weighted by Crippen LogP contribution is 2.10. The molecular weight excluding hydrogens is 457 g/mol. The van der Waals surface area contributed by atoms with Crippen LogP contribution in [0.2, 0.25) is 0 Å². The molecule has 2 aliphatic heterocycles. The van der Waals surface area contributed by atoms with E-state index in [-0.39, 0.29) is 24.0 Å². The van der Waals surface area contributed by atoms with Gasteiger partial charge in [0.2, 0.25) is 0 Å². The minimum absolute atomic E-state index is 0. The van der Waals surface area contributed by atoms with Gasteiger partial charge < -0.3 is 25.4 Å². The number of nitrogens with zero attached hydrogens (tertiary/aromatic N) is 3. The Morgan fingerprint density at radius 2 is 1.81 bits per heavy atom. The summed E-state index contributed by atoms with van der Waals surface area (Å²) in [5.41, 5.74) is -0.832. The second kappa shape index (κ2) is 13.1. The lowest BCUT2D eigenvalue weighted by Crippen LogP contribution is -2.48. The summed E-state index contributed by atoms with van der Waals surface area (Å²) in [4.78, 5) is 9.42. The zero-order chi connectivity index (χ0) is 18.8. The number of halogens is 1. The zero-order valence-electron chi connectivity index (χ0n) is 17.4. The lowest BCUT2D eigenvalue weighted by molar-refractivity contribution is -0.0180. The summed E-state index contributed by atoms with van der Waals surface area (Å²) in [6.07, 6.45) is 2.67. The summed E-state index contributed by atoms with van der Waals surface area (Å²) >= 11 is 0. The van der Waals surface area contributed by atoms with Gasteiger partial charge in [-0.25, -0.2) is 0 Å². The maximum Gasteiger partial charge on any atom is 0.191 e. The Morgan fingerprint density at radius 1 is 1.15 bits per heavy atom. The van der Waals surface area contributed by atoms with Gasteiger partial charge in [0.15, 0.2) is 5.96 Å². The standard InChI is InChI=1S/C19H39N5O2.HI/c1-4-20-18(21-13-17(2)14-23-7-5-6-8-23)22-15-19(3,25)16-24-9-11-26-12-10-24;/h17,25H,4-16H2,1-3H3,(H2,20,21,22);1H. The van der Waals surface area contributed by atoms with Crippen LogP contribution in [0.5, 0.6) is 0 Å². The molecule has 0 spiro atoms. The largest absolute Gasteiger partial charge is 0.387 e. The topological polar surface area (TPSA) is 72.4 Å². The molecule has 7 nitrogen and oxygen atoms in total. The molecule has 2 saturated heterocycles. The number of hydrogen-bond donors (Lipinski definition) is 3. The van der Waals surface area contributed by atoms with Gasteiger partial charge in [0.05, 0.1) is 25.4 Å². The van der Waals surface area contributed by atoms with Crippen LogP contribution in [0.4, 0.5) is 0 Å². The SMILES string of the molecule is CCNC(=NCC(C)(O)CN1CCOCC1)NCC(C)CN1CCCC1.I. The predicted molar refractivity (Wildman–Crippen MR) is 122 cm³/mol. The average Bonchev–Trinajstić information content (AvgIpc) is 3.11. The molecule has 0 aromatic rings. The molecule has 0 radical (unpaired) electrons. The summed E-state index contributed by atoms with van der Waals surface area (Å²) in [5.74, 6) is 1.37. The van der Waals surface area contributed by atoms with Crippen LogP contribution in [0.25, 0.3) is 0 Å². The maximum absolute atomic E-state index is 10.7. The fraction of sp³-hybridized carbons (Fsp3) is 0.947. The van der Waals surface area contributed by atoms with E-state index in [9.17, 15) is 5.11 Å². The van der Waals surface area contributed by atoms with E-state index in [1.54, 1.807) is 0 Å². The van der Waals surface area contributed by atoms with Crippen molar-refractivity contribution >= 4 is 29.9 Å².